The van der Waals surface area contributed by atoms with E-state index in [0.717, 1.165) is 30.6 Å². The third-order valence-corrected chi connectivity index (χ3v) is 5.77. The predicted molar refractivity (Wildman–Crippen MR) is 103 cm³/mol. The van der Waals surface area contributed by atoms with Gasteiger partial charge in [0.25, 0.3) is 0 Å². The number of piperidine rings is 1. The van der Waals surface area contributed by atoms with Gasteiger partial charge in [-0.3, -0.25) is 24.2 Å². The van der Waals surface area contributed by atoms with E-state index in [4.69, 9.17) is 0 Å². The number of amides is 2. The van der Waals surface area contributed by atoms with Gasteiger partial charge in [-0.2, -0.15) is 5.10 Å². The van der Waals surface area contributed by atoms with E-state index < -0.39 is 0 Å². The summed E-state index contributed by atoms with van der Waals surface area (Å²) >= 11 is 0. The Bertz CT molecular complexity index is 851. The fraction of sp³-hybridized carbons (Fsp3) is 0.500. The van der Waals surface area contributed by atoms with E-state index in [2.05, 4.69) is 15.0 Å². The van der Waals surface area contributed by atoms with Crippen LogP contribution in [0.1, 0.15) is 17.5 Å². The molecule has 2 aromatic heterocycles. The number of aryl methyl sites for hydroxylation is 1. The number of hydrogen-bond donors (Lipinski definition) is 0. The number of likely N-dealkylation sites (N-methyl/N-ethyl adjacent to an activating group) is 1. The minimum Gasteiger partial charge on any atom is -0.340 e. The van der Waals surface area contributed by atoms with Crippen molar-refractivity contribution in [1.29, 1.82) is 0 Å². The summed E-state index contributed by atoms with van der Waals surface area (Å²) in [6, 6.07) is 3.75. The number of nitrogens with zero attached hydrogens (tertiary/aromatic N) is 6. The summed E-state index contributed by atoms with van der Waals surface area (Å²) in [6.07, 6.45) is 8.13. The molecule has 4 rings (SSSR count). The van der Waals surface area contributed by atoms with Crippen LogP contribution in [0.2, 0.25) is 0 Å². The Morgan fingerprint density at radius 1 is 1.14 bits per heavy atom. The Hall–Kier alpha value is -2.74. The number of pyridine rings is 1. The molecule has 2 aromatic rings. The second kappa shape index (κ2) is 7.71. The number of likely N-dealkylation sites (tertiary alicyclic amines) is 1. The van der Waals surface area contributed by atoms with Crippen molar-refractivity contribution in [2.24, 2.45) is 13.0 Å². The molecule has 0 aromatic carbocycles. The summed E-state index contributed by atoms with van der Waals surface area (Å²) in [7, 11) is 3.74. The van der Waals surface area contributed by atoms with Gasteiger partial charge in [0.15, 0.2) is 0 Å². The SMILES string of the molecule is CN1C(=O)CN(Cc2cccnc2)C(=O)[C@H]2CN(Cc3cnn(C)c3)CC[C@H]21. The molecule has 2 aliphatic heterocycles. The summed E-state index contributed by atoms with van der Waals surface area (Å²) in [5, 5.41) is 4.23. The molecule has 8 heteroatoms. The zero-order valence-electron chi connectivity index (χ0n) is 16.4. The van der Waals surface area contributed by atoms with Crippen LogP contribution in [0.4, 0.5) is 0 Å². The van der Waals surface area contributed by atoms with Crippen LogP contribution < -0.4 is 0 Å². The predicted octanol–water partition coefficient (Wildman–Crippen LogP) is 0.506. The number of carbonyl (C=O) groups is 2. The van der Waals surface area contributed by atoms with Crippen LogP contribution in [0.5, 0.6) is 0 Å². The number of carbonyl (C=O) groups excluding carboxylic acids is 2. The minimum absolute atomic E-state index is 0.00505. The van der Waals surface area contributed by atoms with Crippen molar-refractivity contribution in [3.05, 3.63) is 48.0 Å². The van der Waals surface area contributed by atoms with Gasteiger partial charge in [0.2, 0.25) is 11.8 Å². The van der Waals surface area contributed by atoms with Gasteiger partial charge >= 0.3 is 0 Å². The highest BCUT2D eigenvalue weighted by molar-refractivity contribution is 5.89. The Labute approximate surface area is 164 Å². The van der Waals surface area contributed by atoms with Crippen molar-refractivity contribution in [1.82, 2.24) is 29.5 Å². The Balaban J connectivity index is 1.52. The van der Waals surface area contributed by atoms with Crippen molar-refractivity contribution >= 4 is 11.8 Å². The van der Waals surface area contributed by atoms with Gasteiger partial charge in [-0.05, 0) is 18.1 Å². The highest BCUT2D eigenvalue weighted by Crippen LogP contribution is 2.28. The first-order valence-corrected chi connectivity index (χ1v) is 9.64. The van der Waals surface area contributed by atoms with Gasteiger partial charge in [-0.25, -0.2) is 0 Å². The van der Waals surface area contributed by atoms with E-state index in [1.54, 1.807) is 26.9 Å². The van der Waals surface area contributed by atoms with E-state index in [9.17, 15) is 9.59 Å². The summed E-state index contributed by atoms with van der Waals surface area (Å²) in [5.41, 5.74) is 2.08. The minimum atomic E-state index is -0.210. The van der Waals surface area contributed by atoms with Crippen LogP contribution in [0.15, 0.2) is 36.9 Å². The van der Waals surface area contributed by atoms with Crippen LogP contribution in [0.3, 0.4) is 0 Å². The summed E-state index contributed by atoms with van der Waals surface area (Å²) in [5.74, 6) is -0.147. The highest BCUT2D eigenvalue weighted by atomic mass is 16.2. The van der Waals surface area contributed by atoms with Crippen LogP contribution >= 0.6 is 0 Å². The van der Waals surface area contributed by atoms with Crippen molar-refractivity contribution in [3.63, 3.8) is 0 Å². The Kier molecular flexibility index (Phi) is 5.13. The average Bonchev–Trinajstić information content (AvgIpc) is 3.08. The molecule has 0 saturated carbocycles. The maximum Gasteiger partial charge on any atom is 0.242 e. The van der Waals surface area contributed by atoms with Gasteiger partial charge in [-0.1, -0.05) is 6.07 Å². The lowest BCUT2D eigenvalue weighted by molar-refractivity contribution is -0.138. The Morgan fingerprint density at radius 2 is 2.00 bits per heavy atom. The van der Waals surface area contributed by atoms with Crippen molar-refractivity contribution in [2.45, 2.75) is 25.6 Å². The van der Waals surface area contributed by atoms with E-state index in [1.807, 2.05) is 38.6 Å². The molecule has 2 aliphatic rings. The van der Waals surface area contributed by atoms with Gasteiger partial charge < -0.3 is 9.80 Å². The van der Waals surface area contributed by atoms with Crippen LogP contribution in [-0.4, -0.2) is 74.0 Å². The Morgan fingerprint density at radius 3 is 2.71 bits per heavy atom. The molecule has 0 N–H and O–H groups in total. The molecular weight excluding hydrogens is 356 g/mol. The fourth-order valence-electron chi connectivity index (χ4n) is 4.29. The van der Waals surface area contributed by atoms with Gasteiger partial charge in [0.05, 0.1) is 12.1 Å². The molecular formula is C20H26N6O2. The van der Waals surface area contributed by atoms with E-state index in [-0.39, 0.29) is 30.3 Å². The monoisotopic (exact) mass is 382 g/mol. The van der Waals surface area contributed by atoms with Crippen LogP contribution in [0, 0.1) is 5.92 Å². The third-order valence-electron chi connectivity index (χ3n) is 5.77. The normalized spacial score (nSPS) is 23.6. The zero-order chi connectivity index (χ0) is 19.7. The van der Waals surface area contributed by atoms with Crippen molar-refractivity contribution in [3.8, 4) is 0 Å². The quantitative estimate of drug-likeness (QED) is 0.770. The maximum atomic E-state index is 13.4. The average molecular weight is 382 g/mol. The van der Waals surface area contributed by atoms with Gasteiger partial charge in [-0.15, -0.1) is 0 Å². The first-order valence-electron chi connectivity index (χ1n) is 9.64. The van der Waals surface area contributed by atoms with E-state index >= 15 is 0 Å². The molecule has 0 spiro atoms. The standard InChI is InChI=1S/C20H26N6O2/c1-23-10-16(9-22-23)11-25-7-5-18-17(13-25)20(28)26(14-19(27)24(18)2)12-15-4-3-6-21-8-15/h3-4,6,8-10,17-18H,5,7,11-14H2,1-2H3/t17-,18+/m0/s1. The first kappa shape index (κ1) is 18.6. The second-order valence-electron chi connectivity index (χ2n) is 7.78. The second-order valence-corrected chi connectivity index (χ2v) is 7.78. The van der Waals surface area contributed by atoms with Crippen LogP contribution in [0.25, 0.3) is 0 Å². The summed E-state index contributed by atoms with van der Waals surface area (Å²) in [4.78, 5) is 35.9. The molecule has 0 aliphatic carbocycles. The molecule has 0 bridgehead atoms. The third kappa shape index (κ3) is 3.77. The van der Waals surface area contributed by atoms with Gasteiger partial charge in [0, 0.05) is 70.5 Å². The summed E-state index contributed by atoms with van der Waals surface area (Å²) < 4.78 is 1.79. The molecule has 2 saturated heterocycles. The summed E-state index contributed by atoms with van der Waals surface area (Å²) in [6.45, 7) is 2.83. The highest BCUT2D eigenvalue weighted by Gasteiger charge is 2.43. The molecule has 8 nitrogen and oxygen atoms in total. The lowest BCUT2D eigenvalue weighted by Gasteiger charge is -2.40. The fourth-order valence-corrected chi connectivity index (χ4v) is 4.29. The molecule has 2 fully saturated rings. The largest absolute Gasteiger partial charge is 0.340 e. The molecule has 0 unspecified atom stereocenters. The zero-order valence-corrected chi connectivity index (χ0v) is 16.4. The van der Waals surface area contributed by atoms with E-state index in [0.29, 0.717) is 13.1 Å². The molecule has 0 radical (unpaired) electrons. The first-order chi connectivity index (χ1) is 13.5. The lowest BCUT2D eigenvalue weighted by atomic mass is 9.90. The smallest absolute Gasteiger partial charge is 0.242 e. The number of hydrogen-bond acceptors (Lipinski definition) is 5. The van der Waals surface area contributed by atoms with Crippen molar-refractivity contribution in [2.75, 3.05) is 26.7 Å². The topological polar surface area (TPSA) is 74.6 Å². The number of rotatable bonds is 4. The number of aromatic nitrogens is 3. The molecule has 2 atom stereocenters. The van der Waals surface area contributed by atoms with Crippen molar-refractivity contribution < 1.29 is 9.59 Å². The molecule has 4 heterocycles. The lowest BCUT2D eigenvalue weighted by Crippen LogP contribution is -2.53. The number of fused-ring (bicyclic) bond motifs is 1. The molecule has 148 valence electrons. The molecule has 2 amide bonds. The van der Waals surface area contributed by atoms with Gasteiger partial charge in [0.1, 0.15) is 6.54 Å². The van der Waals surface area contributed by atoms with Crippen LogP contribution in [-0.2, 0) is 29.7 Å². The molecule has 28 heavy (non-hydrogen) atoms. The van der Waals surface area contributed by atoms with E-state index in [1.165, 1.54) is 0 Å². The maximum absolute atomic E-state index is 13.4.